The van der Waals surface area contributed by atoms with Gasteiger partial charge in [-0.2, -0.15) is 0 Å². The molecule has 1 aliphatic heterocycles. The molecular formula is C16H15NO2. The van der Waals surface area contributed by atoms with Gasteiger partial charge in [0.25, 0.3) is 0 Å². The Labute approximate surface area is 112 Å². The number of hydrogen-bond acceptors (Lipinski definition) is 3. The van der Waals surface area contributed by atoms with Crippen LogP contribution in [0.3, 0.4) is 0 Å². The summed E-state index contributed by atoms with van der Waals surface area (Å²) in [6.45, 7) is 2.50. The van der Waals surface area contributed by atoms with E-state index < -0.39 is 0 Å². The van der Waals surface area contributed by atoms with Gasteiger partial charge < -0.3 is 4.74 Å². The van der Waals surface area contributed by atoms with Gasteiger partial charge in [-0.1, -0.05) is 18.2 Å². The first-order valence-electron chi connectivity index (χ1n) is 6.44. The molecule has 0 amide bonds. The molecule has 2 heterocycles. The zero-order valence-corrected chi connectivity index (χ0v) is 10.8. The minimum absolute atomic E-state index is 0.124. The van der Waals surface area contributed by atoms with Crippen LogP contribution in [-0.2, 0) is 0 Å². The van der Waals surface area contributed by atoms with Crippen molar-refractivity contribution in [2.75, 3.05) is 6.61 Å². The van der Waals surface area contributed by atoms with Crippen molar-refractivity contribution < 1.29 is 9.53 Å². The van der Waals surface area contributed by atoms with Crippen LogP contribution in [0.1, 0.15) is 34.0 Å². The molecule has 1 aliphatic rings. The second-order valence-electron chi connectivity index (χ2n) is 4.78. The van der Waals surface area contributed by atoms with Gasteiger partial charge in [0.05, 0.1) is 18.1 Å². The summed E-state index contributed by atoms with van der Waals surface area (Å²) >= 11 is 0. The fourth-order valence-electron chi connectivity index (χ4n) is 2.41. The predicted octanol–water partition coefficient (Wildman–Crippen LogP) is 3.14. The summed E-state index contributed by atoms with van der Waals surface area (Å²) in [4.78, 5) is 16.9. The van der Waals surface area contributed by atoms with Gasteiger partial charge in [-0.05, 0) is 37.1 Å². The first-order valence-corrected chi connectivity index (χ1v) is 6.44. The Hall–Kier alpha value is -2.16. The summed E-state index contributed by atoms with van der Waals surface area (Å²) in [5, 5.41) is 0. The maximum atomic E-state index is 12.6. The number of para-hydroxylation sites is 1. The third-order valence-electron chi connectivity index (χ3n) is 3.47. The van der Waals surface area contributed by atoms with E-state index in [1.165, 1.54) is 0 Å². The third kappa shape index (κ3) is 2.24. The number of carbonyl (C=O) groups is 1. The Morgan fingerprint density at radius 3 is 2.84 bits per heavy atom. The summed E-state index contributed by atoms with van der Waals surface area (Å²) in [5.41, 5.74) is 2.60. The van der Waals surface area contributed by atoms with Crippen LogP contribution in [0.2, 0.25) is 0 Å². The molecule has 3 heteroatoms. The zero-order chi connectivity index (χ0) is 13.2. The molecule has 0 fully saturated rings. The molecule has 3 rings (SSSR count). The summed E-state index contributed by atoms with van der Waals surface area (Å²) in [6.07, 6.45) is 2.49. The van der Waals surface area contributed by atoms with Crippen molar-refractivity contribution in [2.24, 2.45) is 0 Å². The van der Waals surface area contributed by atoms with Crippen LogP contribution in [0.4, 0.5) is 0 Å². The van der Waals surface area contributed by atoms with Gasteiger partial charge in [0.2, 0.25) is 0 Å². The molecule has 19 heavy (non-hydrogen) atoms. The Balaban J connectivity index is 2.00. The number of pyridine rings is 1. The molecule has 2 aromatic rings. The monoisotopic (exact) mass is 253 g/mol. The highest BCUT2D eigenvalue weighted by atomic mass is 16.5. The minimum Gasteiger partial charge on any atom is -0.493 e. The van der Waals surface area contributed by atoms with Crippen LogP contribution < -0.4 is 4.74 Å². The number of aromatic nitrogens is 1. The van der Waals surface area contributed by atoms with E-state index in [4.69, 9.17) is 4.74 Å². The van der Waals surface area contributed by atoms with E-state index >= 15 is 0 Å². The van der Waals surface area contributed by atoms with E-state index in [1.807, 2.05) is 43.3 Å². The van der Waals surface area contributed by atoms with Crippen molar-refractivity contribution in [3.63, 3.8) is 0 Å². The van der Waals surface area contributed by atoms with Crippen molar-refractivity contribution in [3.05, 3.63) is 59.4 Å². The quantitative estimate of drug-likeness (QED) is 0.783. The molecule has 3 nitrogen and oxygen atoms in total. The maximum absolute atomic E-state index is 12.6. The van der Waals surface area contributed by atoms with Crippen molar-refractivity contribution >= 4 is 5.78 Å². The lowest BCUT2D eigenvalue weighted by Crippen LogP contribution is -2.12. The summed E-state index contributed by atoms with van der Waals surface area (Å²) < 4.78 is 5.65. The van der Waals surface area contributed by atoms with Gasteiger partial charge in [0.15, 0.2) is 5.78 Å². The number of benzene rings is 1. The number of nitrogens with zero attached hydrogens (tertiary/aromatic N) is 1. The average molecular weight is 253 g/mol. The molecular weight excluding hydrogens is 238 g/mol. The van der Waals surface area contributed by atoms with Crippen molar-refractivity contribution in [3.8, 4) is 5.75 Å². The Morgan fingerprint density at radius 2 is 2.05 bits per heavy atom. The zero-order valence-electron chi connectivity index (χ0n) is 10.8. The molecule has 1 aromatic carbocycles. The molecule has 1 unspecified atom stereocenters. The number of rotatable bonds is 1. The lowest BCUT2D eigenvalue weighted by atomic mass is 9.89. The maximum Gasteiger partial charge on any atom is 0.174 e. The highest BCUT2D eigenvalue weighted by Crippen LogP contribution is 2.31. The minimum atomic E-state index is -0.156. The third-order valence-corrected chi connectivity index (χ3v) is 3.47. The van der Waals surface area contributed by atoms with Crippen LogP contribution in [0.25, 0.3) is 0 Å². The van der Waals surface area contributed by atoms with E-state index in [0.29, 0.717) is 24.3 Å². The molecule has 0 aliphatic carbocycles. The highest BCUT2D eigenvalue weighted by Gasteiger charge is 2.27. The van der Waals surface area contributed by atoms with E-state index in [9.17, 15) is 4.79 Å². The lowest BCUT2D eigenvalue weighted by Gasteiger charge is -2.12. The fourth-order valence-corrected chi connectivity index (χ4v) is 2.41. The molecule has 1 aromatic heterocycles. The first-order chi connectivity index (χ1) is 9.25. The molecule has 0 spiro atoms. The summed E-state index contributed by atoms with van der Waals surface area (Å²) in [6, 6.07) is 11.4. The highest BCUT2D eigenvalue weighted by molar-refractivity contribution is 6.03. The van der Waals surface area contributed by atoms with Crippen LogP contribution in [0.15, 0.2) is 42.6 Å². The number of ether oxygens (including phenoxy) is 1. The number of aryl methyl sites for hydroxylation is 1. The normalized spacial score (nSPS) is 18.4. The fraction of sp³-hybridized carbons (Fsp3) is 0.250. The first kappa shape index (κ1) is 11.9. The van der Waals surface area contributed by atoms with E-state index in [-0.39, 0.29) is 11.7 Å². The Bertz CT molecular complexity index is 604. The van der Waals surface area contributed by atoms with E-state index in [2.05, 4.69) is 4.98 Å². The van der Waals surface area contributed by atoms with Crippen molar-refractivity contribution in [1.29, 1.82) is 0 Å². The summed E-state index contributed by atoms with van der Waals surface area (Å²) in [5.74, 6) is 0.658. The predicted molar refractivity (Wildman–Crippen MR) is 72.6 cm³/mol. The number of carbonyl (C=O) groups excluding carboxylic acids is 1. The van der Waals surface area contributed by atoms with Gasteiger partial charge in [-0.15, -0.1) is 0 Å². The molecule has 0 N–H and O–H groups in total. The number of ketones is 1. The molecule has 96 valence electrons. The largest absolute Gasteiger partial charge is 0.493 e. The smallest absolute Gasteiger partial charge is 0.174 e. The number of hydrogen-bond donors (Lipinski definition) is 0. The molecule has 0 saturated carbocycles. The molecule has 0 radical (unpaired) electrons. The van der Waals surface area contributed by atoms with Crippen LogP contribution in [0.5, 0.6) is 5.75 Å². The van der Waals surface area contributed by atoms with Gasteiger partial charge in [-0.3, -0.25) is 9.78 Å². The molecule has 0 bridgehead atoms. The SMILES string of the molecule is Cc1ccc(C2CCOc3ccccc3C2=O)cn1. The van der Waals surface area contributed by atoms with Crippen molar-refractivity contribution in [1.82, 2.24) is 4.98 Å². The van der Waals surface area contributed by atoms with Gasteiger partial charge >= 0.3 is 0 Å². The van der Waals surface area contributed by atoms with Gasteiger partial charge in [-0.25, -0.2) is 0 Å². The average Bonchev–Trinajstić information content (AvgIpc) is 2.60. The Kier molecular flexibility index (Phi) is 3.03. The summed E-state index contributed by atoms with van der Waals surface area (Å²) in [7, 11) is 0. The van der Waals surface area contributed by atoms with Crippen LogP contribution in [-0.4, -0.2) is 17.4 Å². The molecule has 1 atom stereocenters. The second-order valence-corrected chi connectivity index (χ2v) is 4.78. The van der Waals surface area contributed by atoms with Crippen molar-refractivity contribution in [2.45, 2.75) is 19.3 Å². The number of Topliss-reactive ketones (excluding diaryl/α,β-unsaturated/α-hetero) is 1. The number of fused-ring (bicyclic) bond motifs is 1. The molecule has 0 saturated heterocycles. The topological polar surface area (TPSA) is 39.2 Å². The van der Waals surface area contributed by atoms with Gasteiger partial charge in [0.1, 0.15) is 5.75 Å². The standard InChI is InChI=1S/C16H15NO2/c1-11-6-7-12(10-17-11)13-8-9-19-15-5-3-2-4-14(15)16(13)18/h2-7,10,13H,8-9H2,1H3. The van der Waals surface area contributed by atoms with E-state index in [0.717, 1.165) is 11.3 Å². The Morgan fingerprint density at radius 1 is 1.21 bits per heavy atom. The van der Waals surface area contributed by atoms with Crippen LogP contribution >= 0.6 is 0 Å². The van der Waals surface area contributed by atoms with E-state index in [1.54, 1.807) is 6.20 Å². The lowest BCUT2D eigenvalue weighted by molar-refractivity contribution is 0.0958. The van der Waals surface area contributed by atoms with Crippen LogP contribution in [0, 0.1) is 6.92 Å². The second kappa shape index (κ2) is 4.84. The van der Waals surface area contributed by atoms with Gasteiger partial charge in [0, 0.05) is 11.9 Å².